The average molecular weight is 570 g/mol. The highest BCUT2D eigenvalue weighted by molar-refractivity contribution is 5.91. The van der Waals surface area contributed by atoms with Crippen molar-refractivity contribution in [3.05, 3.63) is 76.0 Å². The van der Waals surface area contributed by atoms with Crippen molar-refractivity contribution in [3.63, 3.8) is 0 Å². The molecule has 0 bridgehead atoms. The number of carboxylic acids is 1. The van der Waals surface area contributed by atoms with Gasteiger partial charge in [-0.3, -0.25) is 14.2 Å². The highest BCUT2D eigenvalue weighted by Gasteiger charge is 2.38. The van der Waals surface area contributed by atoms with E-state index in [2.05, 4.69) is 30.3 Å². The summed E-state index contributed by atoms with van der Waals surface area (Å²) in [6.07, 6.45) is -1.61. The van der Waals surface area contributed by atoms with E-state index in [1.807, 2.05) is 0 Å². The molecule has 5 rings (SSSR count). The number of nitrogens with two attached hydrogens (primary N) is 1. The van der Waals surface area contributed by atoms with E-state index in [1.54, 1.807) is 12.1 Å². The minimum atomic E-state index is -4.76. The highest BCUT2D eigenvalue weighted by Crippen LogP contribution is 2.29. The fraction of sp³-hybridized carbons (Fsp3) is 0.231. The Bertz CT molecular complexity index is 1680. The highest BCUT2D eigenvalue weighted by atomic mass is 19.4. The topological polar surface area (TPSA) is 178 Å². The van der Waals surface area contributed by atoms with Crippen molar-refractivity contribution in [1.82, 2.24) is 25.0 Å². The van der Waals surface area contributed by atoms with Crippen LogP contribution in [0.5, 0.6) is 0 Å². The van der Waals surface area contributed by atoms with E-state index in [9.17, 15) is 32.7 Å². The molecule has 1 aliphatic rings. The van der Waals surface area contributed by atoms with Crippen molar-refractivity contribution in [3.8, 4) is 22.6 Å². The Balaban J connectivity index is 1.34. The van der Waals surface area contributed by atoms with Gasteiger partial charge in [0.15, 0.2) is 5.82 Å². The number of carbonyl (C=O) groups excluding carboxylic acids is 1. The van der Waals surface area contributed by atoms with Crippen LogP contribution in [-0.2, 0) is 24.1 Å². The van der Waals surface area contributed by atoms with Crippen LogP contribution in [0.3, 0.4) is 0 Å². The maximum atomic E-state index is 13.3. The van der Waals surface area contributed by atoms with E-state index in [0.29, 0.717) is 11.1 Å². The maximum absolute atomic E-state index is 13.3. The molecule has 0 radical (unpaired) electrons. The molecule has 1 saturated carbocycles. The Hall–Kier alpha value is -5.21. The van der Waals surface area contributed by atoms with Gasteiger partial charge in [-0.15, -0.1) is 0 Å². The molecule has 0 atom stereocenters. The Kier molecular flexibility index (Phi) is 7.17. The quantitative estimate of drug-likeness (QED) is 0.219. The summed E-state index contributed by atoms with van der Waals surface area (Å²) in [6.45, 7) is -0.364. The standard InChI is InChI=1S/C26H22F3N7O5/c27-26(28,29)25-34-21(35-41-25)14-3-1-13(2-4-14)10-31-20(37)12-36-19(11-32-22(23(36)38)33-18-5-6-18)15-7-16(24(39)40)9-17(30)8-15/h1-4,7-9,11,18H,5-6,10,12,30H2,(H,31,37)(H,32,33)(H,39,40). The van der Waals surface area contributed by atoms with Crippen molar-refractivity contribution in [2.24, 2.45) is 0 Å². The molecule has 2 heterocycles. The number of amides is 1. The van der Waals surface area contributed by atoms with Gasteiger partial charge in [0, 0.05) is 29.4 Å². The molecule has 2 aromatic carbocycles. The number of nitrogens with one attached hydrogen (secondary N) is 2. The lowest BCUT2D eigenvalue weighted by Gasteiger charge is -2.16. The smallest absolute Gasteiger partial charge is 0.471 e. The first-order valence-corrected chi connectivity index (χ1v) is 12.3. The molecule has 5 N–H and O–H groups in total. The van der Waals surface area contributed by atoms with Crippen molar-refractivity contribution in [1.29, 1.82) is 0 Å². The predicted molar refractivity (Wildman–Crippen MR) is 139 cm³/mol. The van der Waals surface area contributed by atoms with E-state index < -0.39 is 36.0 Å². The van der Waals surface area contributed by atoms with E-state index in [1.165, 1.54) is 41.1 Å². The Morgan fingerprint density at radius 2 is 1.85 bits per heavy atom. The van der Waals surface area contributed by atoms with E-state index in [4.69, 9.17) is 5.73 Å². The molecule has 0 spiro atoms. The molecule has 2 aromatic heterocycles. The summed E-state index contributed by atoms with van der Waals surface area (Å²) in [5.41, 5.74) is 6.77. The van der Waals surface area contributed by atoms with Crippen LogP contribution in [0.25, 0.3) is 22.6 Å². The number of benzene rings is 2. The summed E-state index contributed by atoms with van der Waals surface area (Å²) in [6, 6.07) is 10.3. The second-order valence-corrected chi connectivity index (χ2v) is 9.35. The summed E-state index contributed by atoms with van der Waals surface area (Å²) in [5, 5.41) is 18.5. The van der Waals surface area contributed by atoms with Gasteiger partial charge in [-0.05, 0) is 36.6 Å². The Morgan fingerprint density at radius 1 is 1.12 bits per heavy atom. The molecule has 0 unspecified atom stereocenters. The van der Waals surface area contributed by atoms with Crippen LogP contribution in [0.1, 0.15) is 34.7 Å². The number of aromatic carboxylic acids is 1. The SMILES string of the molecule is Nc1cc(C(=O)O)cc(-c2cnc(NC3CC3)c(=O)n2CC(=O)NCc2ccc(-c3noc(C(F)(F)F)n3)cc2)c1. The molecule has 0 aliphatic heterocycles. The number of halogens is 3. The monoisotopic (exact) mass is 569 g/mol. The number of hydrogen-bond acceptors (Lipinski definition) is 9. The molecule has 15 heteroatoms. The molecule has 1 amide bonds. The largest absolute Gasteiger partial charge is 0.478 e. The second-order valence-electron chi connectivity index (χ2n) is 9.35. The van der Waals surface area contributed by atoms with Gasteiger partial charge in [-0.1, -0.05) is 29.4 Å². The summed E-state index contributed by atoms with van der Waals surface area (Å²) < 4.78 is 43.6. The van der Waals surface area contributed by atoms with Crippen molar-refractivity contribution < 1.29 is 32.4 Å². The van der Waals surface area contributed by atoms with Crippen LogP contribution >= 0.6 is 0 Å². The van der Waals surface area contributed by atoms with Gasteiger partial charge in [0.25, 0.3) is 5.56 Å². The third-order valence-corrected chi connectivity index (χ3v) is 6.14. The number of alkyl halides is 3. The van der Waals surface area contributed by atoms with Crippen LogP contribution in [-0.4, -0.2) is 42.7 Å². The van der Waals surface area contributed by atoms with Gasteiger partial charge in [-0.2, -0.15) is 18.2 Å². The number of nitrogen functional groups attached to an aromatic ring is 1. The number of carboxylic acid groups (broad SMARTS) is 1. The van der Waals surface area contributed by atoms with Crippen molar-refractivity contribution >= 4 is 23.4 Å². The lowest BCUT2D eigenvalue weighted by Crippen LogP contribution is -2.34. The second kappa shape index (κ2) is 10.7. The summed E-state index contributed by atoms with van der Waals surface area (Å²) in [5.74, 6) is -3.37. The van der Waals surface area contributed by atoms with Crippen LogP contribution in [0, 0.1) is 0 Å². The lowest BCUT2D eigenvalue weighted by atomic mass is 10.1. The van der Waals surface area contributed by atoms with E-state index in [0.717, 1.165) is 12.8 Å². The third-order valence-electron chi connectivity index (χ3n) is 6.14. The Labute approximate surface area is 229 Å². The van der Waals surface area contributed by atoms with Gasteiger partial charge in [-0.25, -0.2) is 9.78 Å². The van der Waals surface area contributed by atoms with Gasteiger partial charge < -0.3 is 26.0 Å². The first kappa shape index (κ1) is 27.4. The molecule has 1 fully saturated rings. The van der Waals surface area contributed by atoms with E-state index >= 15 is 0 Å². The van der Waals surface area contributed by atoms with Gasteiger partial charge in [0.2, 0.25) is 11.7 Å². The zero-order valence-electron chi connectivity index (χ0n) is 21.1. The van der Waals surface area contributed by atoms with Crippen molar-refractivity contribution in [2.75, 3.05) is 11.1 Å². The number of rotatable bonds is 9. The third kappa shape index (κ3) is 6.34. The minimum Gasteiger partial charge on any atom is -0.478 e. The summed E-state index contributed by atoms with van der Waals surface area (Å²) >= 11 is 0. The molecule has 41 heavy (non-hydrogen) atoms. The zero-order chi connectivity index (χ0) is 29.3. The first-order chi connectivity index (χ1) is 19.5. The molecular weight excluding hydrogens is 547 g/mol. The maximum Gasteiger partial charge on any atom is 0.471 e. The number of carbonyl (C=O) groups is 2. The first-order valence-electron chi connectivity index (χ1n) is 12.3. The Morgan fingerprint density at radius 3 is 2.49 bits per heavy atom. The van der Waals surface area contributed by atoms with Crippen LogP contribution < -0.4 is 21.9 Å². The average Bonchev–Trinajstić information content (AvgIpc) is 3.59. The number of nitrogens with zero attached hydrogens (tertiary/aromatic N) is 4. The molecule has 1 aliphatic carbocycles. The van der Waals surface area contributed by atoms with Gasteiger partial charge in [0.05, 0.1) is 17.5 Å². The van der Waals surface area contributed by atoms with Crippen LogP contribution in [0.2, 0.25) is 0 Å². The van der Waals surface area contributed by atoms with Crippen molar-refractivity contribution in [2.45, 2.75) is 38.1 Å². The fourth-order valence-electron chi connectivity index (χ4n) is 3.95. The molecule has 12 nitrogen and oxygen atoms in total. The predicted octanol–water partition coefficient (Wildman–Crippen LogP) is 3.15. The normalized spacial score (nSPS) is 13.1. The summed E-state index contributed by atoms with van der Waals surface area (Å²) in [7, 11) is 0. The zero-order valence-corrected chi connectivity index (χ0v) is 21.1. The molecular formula is C26H22F3N7O5. The number of anilines is 2. The van der Waals surface area contributed by atoms with Gasteiger partial charge >= 0.3 is 18.0 Å². The molecule has 0 saturated heterocycles. The molecule has 4 aromatic rings. The van der Waals surface area contributed by atoms with Crippen LogP contribution in [0.4, 0.5) is 24.7 Å². The lowest BCUT2D eigenvalue weighted by molar-refractivity contribution is -0.159. The van der Waals surface area contributed by atoms with E-state index in [-0.39, 0.29) is 46.7 Å². The number of hydrogen-bond donors (Lipinski definition) is 4. The summed E-state index contributed by atoms with van der Waals surface area (Å²) in [4.78, 5) is 45.3. The fourth-order valence-corrected chi connectivity index (χ4v) is 3.95. The van der Waals surface area contributed by atoms with Crippen LogP contribution in [0.15, 0.2) is 58.0 Å². The minimum absolute atomic E-state index is 0.0446. The number of aromatic nitrogens is 4. The van der Waals surface area contributed by atoms with Gasteiger partial charge in [0.1, 0.15) is 6.54 Å². The molecule has 212 valence electrons.